The molecule has 0 bridgehead atoms. The number of amides is 1. The Morgan fingerprint density at radius 2 is 2.03 bits per heavy atom. The summed E-state index contributed by atoms with van der Waals surface area (Å²) in [4.78, 5) is 28.7. The third-order valence-electron chi connectivity index (χ3n) is 5.59. The smallest absolute Gasteiger partial charge is 0.348 e. The van der Waals surface area contributed by atoms with Gasteiger partial charge < -0.3 is 5.11 Å². The molecule has 1 N–H and O–H groups in total. The Morgan fingerprint density at radius 3 is 2.66 bits per heavy atom. The highest BCUT2D eigenvalue weighted by Crippen LogP contribution is 2.40. The molecule has 1 aliphatic carbocycles. The monoisotopic (exact) mass is 599 g/mol. The van der Waals surface area contributed by atoms with Gasteiger partial charge in [0.25, 0.3) is 0 Å². The number of anilines is 2. The zero-order valence-electron chi connectivity index (χ0n) is 20.5. The molecule has 2 atom stereocenters. The van der Waals surface area contributed by atoms with Crippen LogP contribution in [0.25, 0.3) is 0 Å². The van der Waals surface area contributed by atoms with Crippen LogP contribution in [0.4, 0.5) is 11.4 Å². The first kappa shape index (κ1) is 26.9. The minimum absolute atomic E-state index is 0.0146. The van der Waals surface area contributed by atoms with Crippen molar-refractivity contribution in [3.05, 3.63) is 74.5 Å². The molecule has 35 heavy (non-hydrogen) atoms. The van der Waals surface area contributed by atoms with Crippen molar-refractivity contribution in [2.75, 3.05) is 4.90 Å². The number of carbonyl (C=O) groups excluding carboxylic acids is 1. The molecule has 0 aliphatic heterocycles. The van der Waals surface area contributed by atoms with E-state index in [0.717, 1.165) is 21.3 Å². The maximum absolute atomic E-state index is 14.2. The maximum Gasteiger partial charge on any atom is 0.348 e. The Morgan fingerprint density at radius 1 is 1.29 bits per heavy atom. The highest BCUT2D eigenvalue weighted by Gasteiger charge is 2.35. The molecule has 1 amide bonds. The number of nitrogens with zero attached hydrogens (tertiary/aromatic N) is 1. The van der Waals surface area contributed by atoms with Crippen molar-refractivity contribution in [3.8, 4) is 11.8 Å². The van der Waals surface area contributed by atoms with Gasteiger partial charge in [-0.25, -0.2) is 4.79 Å². The van der Waals surface area contributed by atoms with Crippen molar-refractivity contribution in [3.63, 3.8) is 0 Å². The second kappa shape index (κ2) is 11.3. The van der Waals surface area contributed by atoms with Crippen LogP contribution in [0.5, 0.6) is 0 Å². The number of allylic oxidation sites excluding steroid dienone is 3. The Kier molecular flexibility index (Phi) is 8.71. The lowest BCUT2D eigenvalue weighted by Crippen LogP contribution is -2.37. The standard InChI is InChI=1S/C29H30INO3S/c1-7-20-16-19(3)12-13-24(20)27(32)31(22-11-9-10-21(17-22)30-8-2)25-18-23(14-15-29(4,5)6)35-26(25)28(33)34/h7,9-12,17-18,20,24H,1-2,13,16H2,3-6H3,(H,33,34)/t20-,24+/m1/s1. The number of hydrogen-bond acceptors (Lipinski definition) is 3. The van der Waals surface area contributed by atoms with Crippen molar-refractivity contribution in [2.45, 2.75) is 40.5 Å². The van der Waals surface area contributed by atoms with Gasteiger partial charge in [-0.05, 0) is 91.5 Å². The Bertz CT molecular complexity index is 1300. The molecule has 182 valence electrons. The van der Waals surface area contributed by atoms with Crippen LogP contribution in [0.1, 0.15) is 55.1 Å². The maximum atomic E-state index is 14.2. The van der Waals surface area contributed by atoms with Crippen LogP contribution in [0.15, 0.2) is 61.2 Å². The first-order valence-electron chi connectivity index (χ1n) is 11.3. The van der Waals surface area contributed by atoms with Crippen LogP contribution in [0.2, 0.25) is 0 Å². The zero-order chi connectivity index (χ0) is 25.8. The van der Waals surface area contributed by atoms with Gasteiger partial charge in [-0.15, -0.1) is 17.9 Å². The predicted molar refractivity (Wildman–Crippen MR) is 155 cm³/mol. The van der Waals surface area contributed by atoms with Crippen LogP contribution < -0.4 is 4.90 Å². The fourth-order valence-electron chi connectivity index (χ4n) is 3.95. The molecular formula is C29H30INO3S. The summed E-state index contributed by atoms with van der Waals surface area (Å²) in [7, 11) is 0. The molecule has 1 heterocycles. The van der Waals surface area contributed by atoms with Crippen LogP contribution in [0.3, 0.4) is 0 Å². The second-order valence-electron chi connectivity index (χ2n) is 9.51. The normalized spacial score (nSPS) is 17.4. The first-order chi connectivity index (χ1) is 16.5. The summed E-state index contributed by atoms with van der Waals surface area (Å²) in [5.74, 6) is 4.73. The summed E-state index contributed by atoms with van der Waals surface area (Å²) in [5.41, 5.74) is 2.01. The average molecular weight is 600 g/mol. The molecule has 0 saturated heterocycles. The SMILES string of the molecule is C=C=Ic1cccc(N(C(=O)[C@H]2CC=C(C)C[C@H]2C=C)c2cc(C#CC(C)(C)C)sc2C(=O)O)c1. The number of aromatic carboxylic acids is 1. The Balaban J connectivity index is 2.21. The van der Waals surface area contributed by atoms with E-state index in [9.17, 15) is 14.7 Å². The van der Waals surface area contributed by atoms with Gasteiger partial charge >= 0.3 is 5.97 Å². The third kappa shape index (κ3) is 6.70. The fourth-order valence-corrected chi connectivity index (χ4v) is 6.08. The van der Waals surface area contributed by atoms with Crippen LogP contribution in [0, 0.1) is 32.7 Å². The summed E-state index contributed by atoms with van der Waals surface area (Å²) in [6.07, 6.45) is 5.30. The molecule has 1 aliphatic rings. The molecule has 3 rings (SSSR count). The van der Waals surface area contributed by atoms with E-state index in [4.69, 9.17) is 0 Å². The van der Waals surface area contributed by atoms with E-state index in [1.807, 2.05) is 51.1 Å². The van der Waals surface area contributed by atoms with E-state index in [1.165, 1.54) is 5.57 Å². The minimum Gasteiger partial charge on any atom is -0.477 e. The summed E-state index contributed by atoms with van der Waals surface area (Å²) >= 11 is 0.570. The number of hydrogen-bond donors (Lipinski definition) is 1. The minimum atomic E-state index is -1.07. The molecule has 0 radical (unpaired) electrons. The number of carboxylic acids is 1. The van der Waals surface area contributed by atoms with E-state index in [1.54, 1.807) is 11.0 Å². The summed E-state index contributed by atoms with van der Waals surface area (Å²) in [6, 6.07) is 9.41. The number of thiophene rings is 1. The lowest BCUT2D eigenvalue weighted by atomic mass is 9.79. The van der Waals surface area contributed by atoms with Gasteiger partial charge in [0, 0.05) is 14.9 Å². The molecule has 4 nitrogen and oxygen atoms in total. The Labute approximate surface area is 221 Å². The number of carbonyl (C=O) groups is 2. The number of benzene rings is 1. The van der Waals surface area contributed by atoms with Crippen molar-refractivity contribution in [2.24, 2.45) is 17.3 Å². The van der Waals surface area contributed by atoms with E-state index < -0.39 is 26.7 Å². The molecule has 2 aromatic rings. The molecule has 1 aromatic carbocycles. The lowest BCUT2D eigenvalue weighted by Gasteiger charge is -2.33. The molecule has 0 fully saturated rings. The first-order valence-corrected chi connectivity index (χ1v) is 14.3. The van der Waals surface area contributed by atoms with Crippen LogP contribution in [-0.4, -0.2) is 20.6 Å². The summed E-state index contributed by atoms with van der Waals surface area (Å²) < 4.78 is 4.04. The molecule has 0 saturated carbocycles. The van der Waals surface area contributed by atoms with Gasteiger partial charge in [-0.2, -0.15) is 0 Å². The quantitative estimate of drug-likeness (QED) is 0.214. The van der Waals surface area contributed by atoms with Gasteiger partial charge in [-0.3, -0.25) is 9.69 Å². The number of rotatable bonds is 6. The van der Waals surface area contributed by atoms with E-state index in [2.05, 4.69) is 41.7 Å². The van der Waals surface area contributed by atoms with Crippen molar-refractivity contribution < 1.29 is 14.7 Å². The fraction of sp³-hybridized carbons (Fsp3) is 0.310. The van der Waals surface area contributed by atoms with Gasteiger partial charge in [-0.1, -0.05) is 45.9 Å². The predicted octanol–water partition coefficient (Wildman–Crippen LogP) is 7.39. The average Bonchev–Trinajstić information content (AvgIpc) is 3.22. The van der Waals surface area contributed by atoms with Crippen LogP contribution >= 0.6 is 32.1 Å². The number of halogens is 1. The topological polar surface area (TPSA) is 57.6 Å². The van der Waals surface area contributed by atoms with Crippen molar-refractivity contribution in [1.29, 1.82) is 0 Å². The summed E-state index contributed by atoms with van der Waals surface area (Å²) in [6.45, 7) is 15.8. The van der Waals surface area contributed by atoms with Gasteiger partial charge in [0.1, 0.15) is 4.88 Å². The molecule has 6 heteroatoms. The zero-order valence-corrected chi connectivity index (χ0v) is 23.5. The lowest BCUT2D eigenvalue weighted by molar-refractivity contribution is -0.122. The summed E-state index contributed by atoms with van der Waals surface area (Å²) in [5, 5.41) is 10.1. The highest BCUT2D eigenvalue weighted by atomic mass is 127. The highest BCUT2D eigenvalue weighted by molar-refractivity contribution is 14.2. The van der Waals surface area contributed by atoms with Gasteiger partial charge in [0.15, 0.2) is 0 Å². The van der Waals surface area contributed by atoms with Crippen molar-refractivity contribution in [1.82, 2.24) is 0 Å². The molecule has 1 aromatic heterocycles. The van der Waals surface area contributed by atoms with E-state index in [-0.39, 0.29) is 28.0 Å². The van der Waals surface area contributed by atoms with E-state index >= 15 is 0 Å². The Hall–Kier alpha value is -2.72. The molecule has 0 unspecified atom stereocenters. The second-order valence-corrected chi connectivity index (χ2v) is 13.1. The molecular weight excluding hydrogens is 569 g/mol. The number of carboxylic acid groups (broad SMARTS) is 1. The van der Waals surface area contributed by atoms with Crippen molar-refractivity contribution >= 4 is 59.0 Å². The van der Waals surface area contributed by atoms with Crippen LogP contribution in [-0.2, 0) is 4.79 Å². The van der Waals surface area contributed by atoms with Gasteiger partial charge in [0.2, 0.25) is 5.91 Å². The van der Waals surface area contributed by atoms with Gasteiger partial charge in [0.05, 0.1) is 16.3 Å². The third-order valence-corrected chi connectivity index (χ3v) is 8.29. The van der Waals surface area contributed by atoms with E-state index in [0.29, 0.717) is 22.7 Å². The molecule has 0 spiro atoms. The largest absolute Gasteiger partial charge is 0.477 e.